The van der Waals surface area contributed by atoms with E-state index in [-0.39, 0.29) is 69.9 Å². The van der Waals surface area contributed by atoms with Gasteiger partial charge in [-0.1, -0.05) is 98.2 Å². The molecule has 0 radical (unpaired) electrons. The molecule has 4 heterocycles. The predicted molar refractivity (Wildman–Crippen MR) is 373 cm³/mol. The molecule has 32 nitrogen and oxygen atoms in total. The van der Waals surface area contributed by atoms with E-state index in [1.165, 1.54) is 17.0 Å². The quantitative estimate of drug-likeness (QED) is 0.0316. The van der Waals surface area contributed by atoms with E-state index in [4.69, 9.17) is 28.5 Å². The molecule has 4 aromatic carbocycles. The third kappa shape index (κ3) is 22.2. The van der Waals surface area contributed by atoms with Gasteiger partial charge in [-0.25, -0.2) is 0 Å². The Morgan fingerprint density at radius 1 is 0.608 bits per heavy atom. The average Bonchev–Trinajstić information content (AvgIpc) is 1.54. The van der Waals surface area contributed by atoms with Crippen molar-refractivity contribution >= 4 is 122 Å². The monoisotopic (exact) mass is 1430 g/mol. The number of carbonyl (C=O) groups is 14. The van der Waals surface area contributed by atoms with Crippen LogP contribution in [-0.4, -0.2) is 192 Å². The Morgan fingerprint density at radius 2 is 1.21 bits per heavy atom. The molecule has 0 spiro atoms. The summed E-state index contributed by atoms with van der Waals surface area (Å²) in [6.45, 7) is 2.83. The summed E-state index contributed by atoms with van der Waals surface area (Å²) in [7, 11) is 0. The maximum absolute atomic E-state index is 15.4. The number of hydrogen-bond acceptors (Lipinski definition) is 15. The molecular weight excluding hydrogens is 1340 g/mol. The van der Waals surface area contributed by atoms with Gasteiger partial charge >= 0.3 is 0 Å². The van der Waals surface area contributed by atoms with Crippen molar-refractivity contribution in [3.8, 4) is 0 Å². The SMILES string of the molecule is CC(=O)N[C@@H]1CC(=O)NCC(=O)NCC[C@@H]2NC(=O)[C@@H](CC(=O)NC[C@H](C(N)=O)NC(=O)[C@H]3CCCN3C(=O)[C@H](CCCNC(=N)N)NC(=O)[C@@H](CC(C)C)NC(=O)[C@@H](Cc3ccc4ccccc4c3)NC2=O)NC(=O)[C@@H](Cc2c[nH]c3ccccc23)NC(=O)[C@H](Cc2ccc(Cl)cc2)NC1=O. The lowest BCUT2D eigenvalue weighted by atomic mass is 9.98. The maximum atomic E-state index is 15.4. The van der Waals surface area contributed by atoms with E-state index in [1.54, 1.807) is 80.7 Å². The van der Waals surface area contributed by atoms with E-state index in [1.807, 2.05) is 18.2 Å². The van der Waals surface area contributed by atoms with Gasteiger partial charge in [0.15, 0.2) is 5.96 Å². The van der Waals surface area contributed by atoms with Crippen LogP contribution < -0.4 is 80.6 Å². The first-order chi connectivity index (χ1) is 48.7. The van der Waals surface area contributed by atoms with Crippen molar-refractivity contribution in [1.82, 2.24) is 79.0 Å². The van der Waals surface area contributed by atoms with Crippen molar-refractivity contribution in [2.24, 2.45) is 17.4 Å². The molecule has 102 heavy (non-hydrogen) atoms. The summed E-state index contributed by atoms with van der Waals surface area (Å²) in [5, 5.41) is 43.9. The highest BCUT2D eigenvalue weighted by atomic mass is 35.5. The van der Waals surface area contributed by atoms with E-state index in [0.717, 1.165) is 17.7 Å². The Kier molecular flexibility index (Phi) is 27.2. The third-order valence-corrected chi connectivity index (χ3v) is 17.7. The molecular formula is C69H87ClN18O14. The number of halogens is 1. The Balaban J connectivity index is 1.23. The summed E-state index contributed by atoms with van der Waals surface area (Å²) >= 11 is 6.22. The first-order valence-corrected chi connectivity index (χ1v) is 34.0. The number of primary amides is 1. The molecule has 3 saturated heterocycles. The van der Waals surface area contributed by atoms with Crippen LogP contribution in [0.1, 0.15) is 88.8 Å². The number of H-pyrrole nitrogens is 1. The average molecular weight is 1430 g/mol. The van der Waals surface area contributed by atoms with Gasteiger partial charge in [-0.3, -0.25) is 72.5 Å². The number of aromatic nitrogens is 1. The smallest absolute Gasteiger partial charge is 0.245 e. The molecule has 3 fully saturated rings. The van der Waals surface area contributed by atoms with E-state index >= 15 is 24.0 Å². The number of nitrogens with one attached hydrogen (secondary N) is 15. The molecule has 33 heteroatoms. The first kappa shape index (κ1) is 76.6. The molecule has 544 valence electrons. The number of hydrogen-bond donors (Lipinski definition) is 17. The van der Waals surface area contributed by atoms with Gasteiger partial charge in [0.25, 0.3) is 0 Å². The van der Waals surface area contributed by atoms with E-state index in [0.29, 0.717) is 39.0 Å². The second kappa shape index (κ2) is 36.2. The van der Waals surface area contributed by atoms with Gasteiger partial charge in [-0.2, -0.15) is 0 Å². The number of rotatable bonds is 14. The Hall–Kier alpha value is -11.2. The van der Waals surface area contributed by atoms with Crippen molar-refractivity contribution in [1.29, 1.82) is 5.41 Å². The maximum Gasteiger partial charge on any atom is 0.245 e. The topological polar surface area (TPSA) is 490 Å². The van der Waals surface area contributed by atoms with E-state index < -0.39 is 182 Å². The highest BCUT2D eigenvalue weighted by Gasteiger charge is 2.41. The fraction of sp³-hybridized carbons (Fsp3) is 0.435. The third-order valence-electron chi connectivity index (χ3n) is 17.5. The zero-order valence-corrected chi connectivity index (χ0v) is 57.4. The number of carbonyl (C=O) groups excluding carboxylic acids is 14. The minimum absolute atomic E-state index is 0.0171. The molecule has 8 rings (SSSR count). The molecule has 19 N–H and O–H groups in total. The molecule has 10 atom stereocenters. The van der Waals surface area contributed by atoms with Crippen molar-refractivity contribution in [3.63, 3.8) is 0 Å². The summed E-state index contributed by atoms with van der Waals surface area (Å²) in [4.78, 5) is 206. The van der Waals surface area contributed by atoms with Gasteiger partial charge in [-0.15, -0.1) is 0 Å². The highest BCUT2D eigenvalue weighted by Crippen LogP contribution is 2.24. The second-order valence-electron chi connectivity index (χ2n) is 25.9. The molecule has 0 saturated carbocycles. The number of aromatic amines is 1. The number of amides is 14. The van der Waals surface area contributed by atoms with Gasteiger partial charge in [0.2, 0.25) is 82.7 Å². The molecule has 5 aromatic rings. The molecule has 3 aliphatic rings. The Labute approximate surface area is 591 Å². The van der Waals surface area contributed by atoms with Crippen LogP contribution in [0, 0.1) is 11.3 Å². The summed E-state index contributed by atoms with van der Waals surface area (Å²) in [6, 6.07) is 9.71. The number of nitrogens with zero attached hydrogens (tertiary/aromatic N) is 1. The van der Waals surface area contributed by atoms with Gasteiger partial charge < -0.3 is 90.5 Å². The largest absolute Gasteiger partial charge is 0.370 e. The Morgan fingerprint density at radius 3 is 1.91 bits per heavy atom. The van der Waals surface area contributed by atoms with Crippen LogP contribution in [0.5, 0.6) is 0 Å². The number of nitrogens with two attached hydrogens (primary N) is 2. The lowest BCUT2D eigenvalue weighted by molar-refractivity contribution is -0.142. The van der Waals surface area contributed by atoms with Gasteiger partial charge in [-0.05, 0) is 90.1 Å². The van der Waals surface area contributed by atoms with Crippen LogP contribution >= 0.6 is 11.6 Å². The summed E-state index contributed by atoms with van der Waals surface area (Å²) < 4.78 is 0. The lowest BCUT2D eigenvalue weighted by Crippen LogP contribution is -2.61. The van der Waals surface area contributed by atoms with Crippen molar-refractivity contribution in [3.05, 3.63) is 119 Å². The van der Waals surface area contributed by atoms with E-state index in [2.05, 4.69) is 74.1 Å². The number of guanidine groups is 1. The van der Waals surface area contributed by atoms with Crippen molar-refractivity contribution in [2.75, 3.05) is 32.7 Å². The molecule has 14 amide bonds. The molecule has 0 unspecified atom stereocenters. The fourth-order valence-electron chi connectivity index (χ4n) is 12.3. The zero-order valence-electron chi connectivity index (χ0n) is 56.6. The summed E-state index contributed by atoms with van der Waals surface area (Å²) in [6.07, 6.45) is -1.13. The number of fused-ring (bicyclic) bond motifs is 6. The summed E-state index contributed by atoms with van der Waals surface area (Å²) in [5.74, 6) is -14.2. The molecule has 2 bridgehead atoms. The van der Waals surface area contributed by atoms with Crippen LogP contribution in [-0.2, 0) is 86.4 Å². The van der Waals surface area contributed by atoms with Gasteiger partial charge in [0.05, 0.1) is 19.4 Å². The standard InChI is InChI=1S/C69H87ClN18O14/c1-36(2)26-48-61(95)81-47(14-8-23-75-69(72)73)68(102)88-25-9-15-55(88)67(101)87-54(59(71)93)34-77-56(90)32-53-66(100)80-46(60(94)83-50(63(97)82-48)29-39-16-19-40-10-4-5-11-41(40)27-39)22-24-74-58(92)35-78-57(91)31-52(79-37(3)89)65(99)84-49(28-38-17-20-43(70)21-18-38)62(96)85-51(64(98)86-53)30-42-33-76-45-13-7-6-12-44(42)45/h4-7,10-13,16-21,27,33,36,46-55,76H,8-9,14-15,22-26,28-32,34-35H2,1-3H3,(H2,71,93)(H,74,92)(H,77,90)(H,78,91)(H,79,89)(H,80,100)(H,81,95)(H,82,97)(H,83,94)(H,84,99)(H,85,96)(H,86,98)(H,87,101)(H4,72,73,75)/t46-,47-,48+,49-,50+,51+,52+,53+,54+,55+/m0/s1. The normalized spacial score (nSPS) is 24.0. The van der Waals surface area contributed by atoms with E-state index in [9.17, 15) is 43.2 Å². The lowest BCUT2D eigenvalue weighted by Gasteiger charge is -2.31. The highest BCUT2D eigenvalue weighted by molar-refractivity contribution is 6.30. The van der Waals surface area contributed by atoms with Gasteiger partial charge in [0, 0.05) is 74.5 Å². The Bertz CT molecular complexity index is 3980. The predicted octanol–water partition coefficient (Wildman–Crippen LogP) is -2.28. The van der Waals surface area contributed by atoms with Gasteiger partial charge in [0.1, 0.15) is 60.4 Å². The first-order valence-electron chi connectivity index (χ1n) is 33.6. The minimum Gasteiger partial charge on any atom is -0.370 e. The second-order valence-corrected chi connectivity index (χ2v) is 26.3. The van der Waals surface area contributed by atoms with Crippen LogP contribution in [0.25, 0.3) is 21.7 Å². The molecule has 1 aromatic heterocycles. The number of para-hydroxylation sites is 1. The van der Waals surface area contributed by atoms with Crippen LogP contribution in [0.2, 0.25) is 5.02 Å². The van der Waals surface area contributed by atoms with Crippen LogP contribution in [0.15, 0.2) is 97.2 Å². The van der Waals surface area contributed by atoms with Crippen molar-refractivity contribution < 1.29 is 67.1 Å². The fourth-order valence-corrected chi connectivity index (χ4v) is 12.4. The number of benzene rings is 4. The molecule has 0 aliphatic carbocycles. The molecule has 3 aliphatic heterocycles. The minimum atomic E-state index is -2.03. The summed E-state index contributed by atoms with van der Waals surface area (Å²) in [5.41, 5.74) is 13.4. The zero-order chi connectivity index (χ0) is 73.7. The van der Waals surface area contributed by atoms with Crippen LogP contribution in [0.4, 0.5) is 0 Å². The van der Waals surface area contributed by atoms with Crippen LogP contribution in [0.3, 0.4) is 0 Å². The van der Waals surface area contributed by atoms with Crippen molar-refractivity contribution in [2.45, 2.75) is 152 Å².